The van der Waals surface area contributed by atoms with E-state index in [2.05, 4.69) is 58.8 Å². The molecular weight excluding hydrogens is 403 g/mol. The zero-order chi connectivity index (χ0) is 16.0. The number of nitrogens with one attached hydrogen (secondary N) is 2. The van der Waals surface area contributed by atoms with E-state index >= 15 is 0 Å². The standard InChI is InChI=1S/C17H30N4O.HI/c1-4-18-17(20-13-15-22-5-2)19-12-9-14-21(3)16-10-7-6-8-11-16;/h6-8,10-11H,4-5,9,12-15H2,1-3H3,(H2,18,19,20);1H. The van der Waals surface area contributed by atoms with E-state index in [0.29, 0.717) is 6.61 Å². The van der Waals surface area contributed by atoms with Gasteiger partial charge >= 0.3 is 0 Å². The second kappa shape index (κ2) is 14.6. The first kappa shape index (κ1) is 22.0. The van der Waals surface area contributed by atoms with E-state index in [1.807, 2.05) is 13.0 Å². The summed E-state index contributed by atoms with van der Waals surface area (Å²) in [7, 11) is 2.12. The van der Waals surface area contributed by atoms with Crippen LogP contribution in [0.4, 0.5) is 5.69 Å². The Labute approximate surface area is 157 Å². The fourth-order valence-corrected chi connectivity index (χ4v) is 2.04. The highest BCUT2D eigenvalue weighted by atomic mass is 127. The molecule has 5 nitrogen and oxygen atoms in total. The summed E-state index contributed by atoms with van der Waals surface area (Å²) >= 11 is 0. The van der Waals surface area contributed by atoms with Crippen molar-refractivity contribution in [2.45, 2.75) is 20.3 Å². The number of halogens is 1. The Kier molecular flexibility index (Phi) is 13.9. The van der Waals surface area contributed by atoms with Crippen LogP contribution in [0.3, 0.4) is 0 Å². The number of rotatable bonds is 10. The van der Waals surface area contributed by atoms with Gasteiger partial charge < -0.3 is 20.3 Å². The smallest absolute Gasteiger partial charge is 0.191 e. The van der Waals surface area contributed by atoms with Crippen molar-refractivity contribution < 1.29 is 4.74 Å². The molecule has 0 aliphatic carbocycles. The highest BCUT2D eigenvalue weighted by Gasteiger charge is 2.00. The number of aliphatic imine (C=N–C) groups is 1. The summed E-state index contributed by atoms with van der Waals surface area (Å²) in [6.45, 7) is 8.98. The van der Waals surface area contributed by atoms with Crippen molar-refractivity contribution >= 4 is 35.6 Å². The highest BCUT2D eigenvalue weighted by molar-refractivity contribution is 14.0. The minimum Gasteiger partial charge on any atom is -0.380 e. The predicted molar refractivity (Wildman–Crippen MR) is 110 cm³/mol. The minimum atomic E-state index is 0. The normalized spacial score (nSPS) is 10.8. The number of ether oxygens (including phenoxy) is 1. The number of benzene rings is 1. The molecule has 0 aliphatic heterocycles. The van der Waals surface area contributed by atoms with Crippen LogP contribution in [0.1, 0.15) is 20.3 Å². The van der Waals surface area contributed by atoms with Crippen molar-refractivity contribution in [3.63, 3.8) is 0 Å². The lowest BCUT2D eigenvalue weighted by Gasteiger charge is -2.18. The summed E-state index contributed by atoms with van der Waals surface area (Å²) in [5.41, 5.74) is 1.24. The van der Waals surface area contributed by atoms with E-state index in [-0.39, 0.29) is 24.0 Å². The number of para-hydroxylation sites is 1. The summed E-state index contributed by atoms with van der Waals surface area (Å²) in [6.07, 6.45) is 1.02. The van der Waals surface area contributed by atoms with Crippen LogP contribution in [0.2, 0.25) is 0 Å². The van der Waals surface area contributed by atoms with Crippen LogP contribution in [0.25, 0.3) is 0 Å². The van der Waals surface area contributed by atoms with Gasteiger partial charge in [-0.05, 0) is 32.4 Å². The van der Waals surface area contributed by atoms with Gasteiger partial charge in [-0.3, -0.25) is 4.99 Å². The molecule has 0 saturated heterocycles. The van der Waals surface area contributed by atoms with Gasteiger partial charge in [-0.25, -0.2) is 0 Å². The zero-order valence-electron chi connectivity index (χ0n) is 14.5. The number of hydrogen-bond acceptors (Lipinski definition) is 3. The minimum absolute atomic E-state index is 0. The molecule has 6 heteroatoms. The molecule has 0 radical (unpaired) electrons. The number of anilines is 1. The molecule has 0 fully saturated rings. The highest BCUT2D eigenvalue weighted by Crippen LogP contribution is 2.10. The van der Waals surface area contributed by atoms with Crippen LogP contribution in [-0.4, -0.2) is 52.4 Å². The maximum atomic E-state index is 5.32. The summed E-state index contributed by atoms with van der Waals surface area (Å²) in [6, 6.07) is 10.4. The van der Waals surface area contributed by atoms with Gasteiger partial charge in [0.25, 0.3) is 0 Å². The second-order valence-electron chi connectivity index (χ2n) is 5.00. The van der Waals surface area contributed by atoms with Crippen molar-refractivity contribution in [3.8, 4) is 0 Å². The monoisotopic (exact) mass is 434 g/mol. The Bertz CT molecular complexity index is 414. The fraction of sp³-hybridized carbons (Fsp3) is 0.588. The van der Waals surface area contributed by atoms with Crippen LogP contribution in [0.5, 0.6) is 0 Å². The van der Waals surface area contributed by atoms with E-state index in [1.165, 1.54) is 5.69 Å². The van der Waals surface area contributed by atoms with Gasteiger partial charge in [-0.15, -0.1) is 24.0 Å². The van der Waals surface area contributed by atoms with Crippen molar-refractivity contribution in [2.24, 2.45) is 4.99 Å². The van der Waals surface area contributed by atoms with Crippen LogP contribution in [-0.2, 0) is 4.74 Å². The molecule has 1 aromatic rings. The lowest BCUT2D eigenvalue weighted by molar-refractivity contribution is 0.152. The quantitative estimate of drug-likeness (QED) is 0.257. The molecular formula is C17H31IN4O. The Hall–Kier alpha value is -1.02. The summed E-state index contributed by atoms with van der Waals surface area (Å²) in [5.74, 6) is 0.865. The molecule has 2 N–H and O–H groups in total. The second-order valence-corrected chi connectivity index (χ2v) is 5.00. The molecule has 0 bridgehead atoms. The Morgan fingerprint density at radius 1 is 1.17 bits per heavy atom. The molecule has 0 aromatic heterocycles. The van der Waals surface area contributed by atoms with Crippen LogP contribution < -0.4 is 15.5 Å². The van der Waals surface area contributed by atoms with E-state index < -0.39 is 0 Å². The van der Waals surface area contributed by atoms with E-state index in [9.17, 15) is 0 Å². The molecule has 132 valence electrons. The van der Waals surface area contributed by atoms with Gasteiger partial charge in [0.05, 0.1) is 6.61 Å². The molecule has 0 saturated carbocycles. The van der Waals surface area contributed by atoms with Gasteiger partial charge in [0, 0.05) is 45.5 Å². The first-order valence-corrected chi connectivity index (χ1v) is 8.14. The zero-order valence-corrected chi connectivity index (χ0v) is 16.9. The molecule has 0 amide bonds. The Morgan fingerprint density at radius 3 is 2.57 bits per heavy atom. The largest absolute Gasteiger partial charge is 0.380 e. The maximum absolute atomic E-state index is 5.32. The Morgan fingerprint density at radius 2 is 1.91 bits per heavy atom. The molecule has 0 aliphatic rings. The predicted octanol–water partition coefficient (Wildman–Crippen LogP) is 2.72. The third-order valence-electron chi connectivity index (χ3n) is 3.21. The lowest BCUT2D eigenvalue weighted by atomic mass is 10.3. The van der Waals surface area contributed by atoms with Crippen molar-refractivity contribution in [2.75, 3.05) is 51.3 Å². The van der Waals surface area contributed by atoms with Gasteiger partial charge in [0.2, 0.25) is 0 Å². The first-order valence-electron chi connectivity index (χ1n) is 8.14. The number of nitrogens with zero attached hydrogens (tertiary/aromatic N) is 2. The maximum Gasteiger partial charge on any atom is 0.191 e. The summed E-state index contributed by atoms with van der Waals surface area (Å²) in [4.78, 5) is 6.84. The summed E-state index contributed by atoms with van der Waals surface area (Å²) < 4.78 is 5.32. The van der Waals surface area contributed by atoms with Crippen LogP contribution >= 0.6 is 24.0 Å². The van der Waals surface area contributed by atoms with Gasteiger partial charge in [0.15, 0.2) is 5.96 Å². The van der Waals surface area contributed by atoms with Crippen molar-refractivity contribution in [1.29, 1.82) is 0 Å². The topological polar surface area (TPSA) is 48.9 Å². The van der Waals surface area contributed by atoms with Crippen molar-refractivity contribution in [3.05, 3.63) is 30.3 Å². The van der Waals surface area contributed by atoms with Gasteiger partial charge in [-0.1, -0.05) is 18.2 Å². The van der Waals surface area contributed by atoms with Gasteiger partial charge in [-0.2, -0.15) is 0 Å². The third kappa shape index (κ3) is 10.4. The van der Waals surface area contributed by atoms with Crippen LogP contribution in [0.15, 0.2) is 35.3 Å². The average molecular weight is 434 g/mol. The molecule has 0 spiro atoms. The van der Waals surface area contributed by atoms with E-state index in [1.54, 1.807) is 0 Å². The SMILES string of the molecule is CCNC(=NCCCN(C)c1ccccc1)NCCOCC.I. The van der Waals surface area contributed by atoms with Crippen LogP contribution in [0, 0.1) is 0 Å². The molecule has 0 atom stereocenters. The summed E-state index contributed by atoms with van der Waals surface area (Å²) in [5, 5.41) is 6.52. The average Bonchev–Trinajstić information content (AvgIpc) is 2.56. The Balaban J connectivity index is 0.00000484. The molecule has 23 heavy (non-hydrogen) atoms. The molecule has 0 heterocycles. The molecule has 1 aromatic carbocycles. The third-order valence-corrected chi connectivity index (χ3v) is 3.21. The lowest BCUT2D eigenvalue weighted by Crippen LogP contribution is -2.39. The fourth-order valence-electron chi connectivity index (χ4n) is 2.04. The molecule has 0 unspecified atom stereocenters. The molecule has 1 rings (SSSR count). The van der Waals surface area contributed by atoms with Gasteiger partial charge in [0.1, 0.15) is 0 Å². The van der Waals surface area contributed by atoms with E-state index in [0.717, 1.165) is 45.2 Å². The number of hydrogen-bond donors (Lipinski definition) is 2. The van der Waals surface area contributed by atoms with Crippen molar-refractivity contribution in [1.82, 2.24) is 10.6 Å². The number of guanidine groups is 1. The first-order chi connectivity index (χ1) is 10.8. The van der Waals surface area contributed by atoms with E-state index in [4.69, 9.17) is 4.74 Å².